The van der Waals surface area contributed by atoms with Crippen LogP contribution in [0.15, 0.2) is 47.3 Å². The second-order valence-electron chi connectivity index (χ2n) is 4.85. The molecule has 0 aliphatic carbocycles. The fourth-order valence-corrected chi connectivity index (χ4v) is 2.49. The number of rotatable bonds is 3. The van der Waals surface area contributed by atoms with Crippen LogP contribution >= 0.6 is 11.6 Å². The number of H-pyrrole nitrogens is 1. The highest BCUT2D eigenvalue weighted by atomic mass is 35.5. The number of aromatic nitrogens is 2. The lowest BCUT2D eigenvalue weighted by atomic mass is 10.1. The predicted octanol–water partition coefficient (Wildman–Crippen LogP) is 2.65. The SMILES string of the molecule is O=C(NCc1n[nH]c(=O)c2ccccc12)c1ccc(F)cc1Cl. The Labute approximate surface area is 135 Å². The molecule has 0 saturated carbocycles. The minimum absolute atomic E-state index is 0.0294. The largest absolute Gasteiger partial charge is 0.346 e. The third-order valence-corrected chi connectivity index (χ3v) is 3.68. The quantitative estimate of drug-likeness (QED) is 0.774. The number of halogens is 2. The summed E-state index contributed by atoms with van der Waals surface area (Å²) < 4.78 is 13.0. The Balaban J connectivity index is 1.85. The third kappa shape index (κ3) is 3.07. The maximum Gasteiger partial charge on any atom is 0.272 e. The molecule has 0 radical (unpaired) electrons. The summed E-state index contributed by atoms with van der Waals surface area (Å²) in [5, 5.41) is 10.2. The van der Waals surface area contributed by atoms with Crippen LogP contribution in [0.1, 0.15) is 16.1 Å². The summed E-state index contributed by atoms with van der Waals surface area (Å²) in [5.41, 5.74) is 0.394. The summed E-state index contributed by atoms with van der Waals surface area (Å²) >= 11 is 5.86. The number of aromatic amines is 1. The number of hydrogen-bond donors (Lipinski definition) is 2. The average molecular weight is 332 g/mol. The lowest BCUT2D eigenvalue weighted by Gasteiger charge is -2.08. The number of carbonyl (C=O) groups excluding carboxylic acids is 1. The number of carbonyl (C=O) groups is 1. The van der Waals surface area contributed by atoms with Crippen LogP contribution in [0.2, 0.25) is 5.02 Å². The van der Waals surface area contributed by atoms with Crippen molar-refractivity contribution in [1.82, 2.24) is 15.5 Å². The second kappa shape index (κ2) is 6.18. The van der Waals surface area contributed by atoms with Crippen LogP contribution in [0.3, 0.4) is 0 Å². The highest BCUT2D eigenvalue weighted by Gasteiger charge is 2.12. The Kier molecular flexibility index (Phi) is 4.08. The second-order valence-corrected chi connectivity index (χ2v) is 5.26. The molecule has 0 atom stereocenters. The highest BCUT2D eigenvalue weighted by molar-refractivity contribution is 6.33. The van der Waals surface area contributed by atoms with E-state index in [0.29, 0.717) is 16.5 Å². The molecule has 3 rings (SSSR count). The summed E-state index contributed by atoms with van der Waals surface area (Å²) in [5.74, 6) is -0.966. The first kappa shape index (κ1) is 15.2. The van der Waals surface area contributed by atoms with E-state index in [4.69, 9.17) is 11.6 Å². The maximum atomic E-state index is 13.0. The van der Waals surface area contributed by atoms with Crippen molar-refractivity contribution >= 4 is 28.3 Å². The smallest absolute Gasteiger partial charge is 0.272 e. The van der Waals surface area contributed by atoms with Gasteiger partial charge in [0.2, 0.25) is 0 Å². The Hall–Kier alpha value is -2.73. The van der Waals surface area contributed by atoms with E-state index in [1.165, 1.54) is 6.07 Å². The van der Waals surface area contributed by atoms with Crippen LogP contribution in [-0.4, -0.2) is 16.1 Å². The van der Waals surface area contributed by atoms with Gasteiger partial charge in [-0.15, -0.1) is 0 Å². The van der Waals surface area contributed by atoms with E-state index in [2.05, 4.69) is 15.5 Å². The monoisotopic (exact) mass is 331 g/mol. The summed E-state index contributed by atoms with van der Waals surface area (Å²) in [6.45, 7) is 0.101. The van der Waals surface area contributed by atoms with Crippen molar-refractivity contribution in [3.05, 3.63) is 74.9 Å². The molecule has 1 aromatic heterocycles. The zero-order valence-electron chi connectivity index (χ0n) is 11.8. The van der Waals surface area contributed by atoms with Crippen molar-refractivity contribution in [2.75, 3.05) is 0 Å². The van der Waals surface area contributed by atoms with Crippen molar-refractivity contribution in [2.45, 2.75) is 6.54 Å². The van der Waals surface area contributed by atoms with E-state index in [1.54, 1.807) is 24.3 Å². The number of benzene rings is 2. The number of nitrogens with zero attached hydrogens (tertiary/aromatic N) is 1. The van der Waals surface area contributed by atoms with Gasteiger partial charge < -0.3 is 5.32 Å². The molecular formula is C16H11ClFN3O2. The lowest BCUT2D eigenvalue weighted by molar-refractivity contribution is 0.0950. The van der Waals surface area contributed by atoms with E-state index in [0.717, 1.165) is 12.1 Å². The van der Waals surface area contributed by atoms with Gasteiger partial charge in [-0.25, -0.2) is 9.49 Å². The van der Waals surface area contributed by atoms with Crippen LogP contribution in [0, 0.1) is 5.82 Å². The van der Waals surface area contributed by atoms with E-state index in [1.807, 2.05) is 0 Å². The summed E-state index contributed by atoms with van der Waals surface area (Å²) in [6, 6.07) is 10.5. The average Bonchev–Trinajstić information content (AvgIpc) is 2.54. The van der Waals surface area contributed by atoms with E-state index >= 15 is 0 Å². The van der Waals surface area contributed by atoms with Gasteiger partial charge in [-0.05, 0) is 24.3 Å². The Morgan fingerprint density at radius 2 is 1.96 bits per heavy atom. The van der Waals surface area contributed by atoms with E-state index < -0.39 is 11.7 Å². The number of fused-ring (bicyclic) bond motifs is 1. The van der Waals surface area contributed by atoms with Crippen LogP contribution in [0.4, 0.5) is 4.39 Å². The van der Waals surface area contributed by atoms with Crippen molar-refractivity contribution < 1.29 is 9.18 Å². The zero-order valence-corrected chi connectivity index (χ0v) is 12.5. The molecular weight excluding hydrogens is 321 g/mol. The van der Waals surface area contributed by atoms with Crippen molar-refractivity contribution in [2.24, 2.45) is 0 Å². The molecule has 0 bridgehead atoms. The normalized spacial score (nSPS) is 10.7. The number of amides is 1. The number of hydrogen-bond acceptors (Lipinski definition) is 3. The van der Waals surface area contributed by atoms with Gasteiger partial charge in [-0.3, -0.25) is 9.59 Å². The summed E-state index contributed by atoms with van der Waals surface area (Å²) in [6.07, 6.45) is 0. The van der Waals surface area contributed by atoms with Crippen molar-refractivity contribution in [1.29, 1.82) is 0 Å². The Morgan fingerprint density at radius 3 is 2.70 bits per heavy atom. The molecule has 2 aromatic carbocycles. The van der Waals surface area contributed by atoms with Gasteiger partial charge in [0.25, 0.3) is 11.5 Å². The van der Waals surface area contributed by atoms with Gasteiger partial charge >= 0.3 is 0 Å². The van der Waals surface area contributed by atoms with Crippen LogP contribution < -0.4 is 10.9 Å². The lowest BCUT2D eigenvalue weighted by Crippen LogP contribution is -2.25. The zero-order chi connectivity index (χ0) is 16.4. The molecule has 1 heterocycles. The van der Waals surface area contributed by atoms with Crippen LogP contribution in [-0.2, 0) is 6.54 Å². The maximum absolute atomic E-state index is 13.0. The minimum atomic E-state index is -0.514. The fourth-order valence-electron chi connectivity index (χ4n) is 2.24. The molecule has 0 fully saturated rings. The van der Waals surface area contributed by atoms with Gasteiger partial charge in [0, 0.05) is 5.39 Å². The van der Waals surface area contributed by atoms with Crippen LogP contribution in [0.25, 0.3) is 10.8 Å². The highest BCUT2D eigenvalue weighted by Crippen LogP contribution is 2.17. The Morgan fingerprint density at radius 1 is 1.22 bits per heavy atom. The molecule has 0 saturated heterocycles. The molecule has 7 heteroatoms. The van der Waals surface area contributed by atoms with Crippen molar-refractivity contribution in [3.63, 3.8) is 0 Å². The molecule has 0 aliphatic rings. The molecule has 5 nitrogen and oxygen atoms in total. The standard InChI is InChI=1S/C16H11ClFN3O2/c17-13-7-9(18)5-6-12(13)15(22)19-8-14-10-3-1-2-4-11(10)16(23)21-20-14/h1-7H,8H2,(H,19,22)(H,21,23). The molecule has 0 spiro atoms. The van der Waals surface area contributed by atoms with Crippen molar-refractivity contribution in [3.8, 4) is 0 Å². The first-order valence-corrected chi connectivity index (χ1v) is 7.13. The van der Waals surface area contributed by atoms with Gasteiger partial charge in [0.15, 0.2) is 0 Å². The molecule has 116 valence electrons. The fraction of sp³-hybridized carbons (Fsp3) is 0.0625. The third-order valence-electron chi connectivity index (χ3n) is 3.37. The molecule has 3 aromatic rings. The molecule has 1 amide bonds. The van der Waals surface area contributed by atoms with Crippen LogP contribution in [0.5, 0.6) is 0 Å². The molecule has 23 heavy (non-hydrogen) atoms. The van der Waals surface area contributed by atoms with Gasteiger partial charge in [0.1, 0.15) is 5.82 Å². The first-order valence-electron chi connectivity index (χ1n) is 6.76. The van der Waals surface area contributed by atoms with Gasteiger partial charge in [0.05, 0.1) is 28.2 Å². The van der Waals surface area contributed by atoms with E-state index in [9.17, 15) is 14.0 Å². The molecule has 2 N–H and O–H groups in total. The molecule has 0 aliphatic heterocycles. The topological polar surface area (TPSA) is 74.8 Å². The summed E-state index contributed by atoms with van der Waals surface area (Å²) in [4.78, 5) is 23.8. The predicted molar refractivity (Wildman–Crippen MR) is 84.9 cm³/mol. The minimum Gasteiger partial charge on any atom is -0.346 e. The first-order chi connectivity index (χ1) is 11.1. The van der Waals surface area contributed by atoms with E-state index in [-0.39, 0.29) is 22.7 Å². The molecule has 0 unspecified atom stereocenters. The number of nitrogens with one attached hydrogen (secondary N) is 2. The van der Waals surface area contributed by atoms with Gasteiger partial charge in [-0.2, -0.15) is 5.10 Å². The summed E-state index contributed by atoms with van der Waals surface area (Å²) in [7, 11) is 0. The van der Waals surface area contributed by atoms with Gasteiger partial charge in [-0.1, -0.05) is 29.8 Å². The Bertz CT molecular complexity index is 955.